The Hall–Kier alpha value is -0.670. The average molecular weight is 225 g/mol. The highest BCUT2D eigenvalue weighted by atomic mass is 32.1. The van der Waals surface area contributed by atoms with Crippen LogP contribution < -0.4 is 0 Å². The van der Waals surface area contributed by atoms with E-state index in [2.05, 4.69) is 28.7 Å². The second-order valence-electron chi connectivity index (χ2n) is 4.08. The average Bonchev–Trinajstić information content (AvgIpc) is 2.68. The van der Waals surface area contributed by atoms with Crippen LogP contribution in [0.4, 0.5) is 0 Å². The van der Waals surface area contributed by atoms with Gasteiger partial charge in [0.2, 0.25) is 0 Å². The fraction of sp³-hybridized carbons (Fsp3) is 0.583. The fourth-order valence-corrected chi connectivity index (χ4v) is 2.06. The van der Waals surface area contributed by atoms with Gasteiger partial charge >= 0.3 is 0 Å². The number of hydrogen-bond acceptors (Lipinski definition) is 3. The molecule has 0 aliphatic rings. The van der Waals surface area contributed by atoms with Crippen LogP contribution in [0.15, 0.2) is 16.8 Å². The predicted molar refractivity (Wildman–Crippen MR) is 65.1 cm³/mol. The van der Waals surface area contributed by atoms with Gasteiger partial charge in [-0.25, -0.2) is 0 Å². The second-order valence-corrected chi connectivity index (χ2v) is 4.86. The SMILES string of the molecule is CCC(C)C(=O)CN(C)Cc1ccsc1. The number of Topliss-reactive ketones (excluding diaryl/α,β-unsaturated/α-hetero) is 1. The Kier molecular flexibility index (Phi) is 4.99. The number of thiophene rings is 1. The summed E-state index contributed by atoms with van der Waals surface area (Å²) in [4.78, 5) is 13.8. The van der Waals surface area contributed by atoms with Crippen LogP contribution in [0.2, 0.25) is 0 Å². The number of ketones is 1. The van der Waals surface area contributed by atoms with Gasteiger partial charge in [0, 0.05) is 12.5 Å². The molecule has 1 aromatic heterocycles. The van der Waals surface area contributed by atoms with Gasteiger partial charge in [-0.15, -0.1) is 0 Å². The first-order valence-corrected chi connectivity index (χ1v) is 6.30. The quantitative estimate of drug-likeness (QED) is 0.742. The highest BCUT2D eigenvalue weighted by molar-refractivity contribution is 7.07. The molecule has 2 nitrogen and oxygen atoms in total. The van der Waals surface area contributed by atoms with Crippen molar-refractivity contribution in [2.75, 3.05) is 13.6 Å². The molecule has 0 fully saturated rings. The van der Waals surface area contributed by atoms with Crippen molar-refractivity contribution in [1.29, 1.82) is 0 Å². The molecule has 3 heteroatoms. The maximum Gasteiger partial charge on any atom is 0.149 e. The van der Waals surface area contributed by atoms with Gasteiger partial charge in [-0.1, -0.05) is 13.8 Å². The molecule has 0 aromatic carbocycles. The Morgan fingerprint density at radius 3 is 2.87 bits per heavy atom. The molecule has 1 rings (SSSR count). The summed E-state index contributed by atoms with van der Waals surface area (Å²) >= 11 is 1.70. The highest BCUT2D eigenvalue weighted by Gasteiger charge is 2.13. The minimum absolute atomic E-state index is 0.190. The molecule has 0 saturated heterocycles. The summed E-state index contributed by atoms with van der Waals surface area (Å²) in [5.41, 5.74) is 1.29. The molecule has 1 aromatic rings. The zero-order chi connectivity index (χ0) is 11.3. The maximum absolute atomic E-state index is 11.7. The number of nitrogens with zero attached hydrogens (tertiary/aromatic N) is 1. The molecule has 0 aliphatic heterocycles. The lowest BCUT2D eigenvalue weighted by Gasteiger charge is -2.17. The van der Waals surface area contributed by atoms with Gasteiger partial charge in [0.15, 0.2) is 0 Å². The number of carbonyl (C=O) groups excluding carboxylic acids is 1. The third kappa shape index (κ3) is 4.14. The van der Waals surface area contributed by atoms with E-state index < -0.39 is 0 Å². The van der Waals surface area contributed by atoms with Crippen molar-refractivity contribution < 1.29 is 4.79 Å². The fourth-order valence-electron chi connectivity index (χ4n) is 1.40. The zero-order valence-electron chi connectivity index (χ0n) is 9.69. The summed E-state index contributed by atoms with van der Waals surface area (Å²) in [7, 11) is 2.00. The van der Waals surface area contributed by atoms with E-state index >= 15 is 0 Å². The van der Waals surface area contributed by atoms with Crippen LogP contribution >= 0.6 is 11.3 Å². The van der Waals surface area contributed by atoms with Crippen molar-refractivity contribution in [2.45, 2.75) is 26.8 Å². The summed E-state index contributed by atoms with van der Waals surface area (Å²) in [6.45, 7) is 5.48. The normalized spacial score (nSPS) is 13.1. The Balaban J connectivity index is 2.36. The monoisotopic (exact) mass is 225 g/mol. The molecule has 0 aliphatic carbocycles. The van der Waals surface area contributed by atoms with E-state index in [1.807, 2.05) is 14.0 Å². The van der Waals surface area contributed by atoms with Crippen LogP contribution in [0.5, 0.6) is 0 Å². The number of rotatable bonds is 6. The minimum atomic E-state index is 0.190. The summed E-state index contributed by atoms with van der Waals surface area (Å²) in [6, 6.07) is 2.11. The number of carbonyl (C=O) groups is 1. The van der Waals surface area contributed by atoms with Gasteiger partial charge < -0.3 is 0 Å². The van der Waals surface area contributed by atoms with Crippen LogP contribution in [0, 0.1) is 5.92 Å². The Morgan fingerprint density at radius 2 is 2.33 bits per heavy atom. The van der Waals surface area contributed by atoms with Gasteiger partial charge in [-0.3, -0.25) is 9.69 Å². The van der Waals surface area contributed by atoms with Crippen LogP contribution in [0.1, 0.15) is 25.8 Å². The Bertz CT molecular complexity index is 295. The first-order valence-electron chi connectivity index (χ1n) is 5.35. The Labute approximate surface area is 95.9 Å². The van der Waals surface area contributed by atoms with E-state index in [0.717, 1.165) is 13.0 Å². The molecule has 1 unspecified atom stereocenters. The Morgan fingerprint density at radius 1 is 1.60 bits per heavy atom. The van der Waals surface area contributed by atoms with Crippen molar-refractivity contribution in [3.63, 3.8) is 0 Å². The number of hydrogen-bond donors (Lipinski definition) is 0. The van der Waals surface area contributed by atoms with Gasteiger partial charge in [-0.2, -0.15) is 11.3 Å². The molecule has 84 valence electrons. The third-order valence-electron chi connectivity index (χ3n) is 2.62. The highest BCUT2D eigenvalue weighted by Crippen LogP contribution is 2.09. The first-order chi connectivity index (χ1) is 7.13. The van der Waals surface area contributed by atoms with Crippen LogP contribution in [0.25, 0.3) is 0 Å². The molecule has 0 radical (unpaired) electrons. The molecular formula is C12H19NOS. The first kappa shape index (κ1) is 12.4. The van der Waals surface area contributed by atoms with Crippen LogP contribution in [0.3, 0.4) is 0 Å². The summed E-state index contributed by atoms with van der Waals surface area (Å²) in [5, 5.41) is 4.20. The van der Waals surface area contributed by atoms with Crippen molar-refractivity contribution in [1.82, 2.24) is 4.90 Å². The third-order valence-corrected chi connectivity index (χ3v) is 3.35. The van der Waals surface area contributed by atoms with Crippen LogP contribution in [-0.2, 0) is 11.3 Å². The lowest BCUT2D eigenvalue weighted by molar-refractivity contribution is -0.123. The lowest BCUT2D eigenvalue weighted by Crippen LogP contribution is -2.28. The molecule has 0 N–H and O–H groups in total. The molecule has 0 bridgehead atoms. The van der Waals surface area contributed by atoms with Crippen molar-refractivity contribution in [3.8, 4) is 0 Å². The number of likely N-dealkylation sites (N-methyl/N-ethyl adjacent to an activating group) is 1. The molecule has 1 heterocycles. The van der Waals surface area contributed by atoms with E-state index in [-0.39, 0.29) is 5.92 Å². The molecular weight excluding hydrogens is 206 g/mol. The molecule has 0 saturated carbocycles. The van der Waals surface area contributed by atoms with E-state index in [4.69, 9.17) is 0 Å². The topological polar surface area (TPSA) is 20.3 Å². The summed E-state index contributed by atoms with van der Waals surface area (Å²) in [5.74, 6) is 0.533. The lowest BCUT2D eigenvalue weighted by atomic mass is 10.0. The standard InChI is InChI=1S/C12H19NOS/c1-4-10(2)12(14)8-13(3)7-11-5-6-15-9-11/h5-6,9-10H,4,7-8H2,1-3H3. The van der Waals surface area contributed by atoms with Crippen molar-refractivity contribution in [2.24, 2.45) is 5.92 Å². The van der Waals surface area contributed by atoms with Gasteiger partial charge in [0.1, 0.15) is 5.78 Å². The smallest absolute Gasteiger partial charge is 0.149 e. The molecule has 15 heavy (non-hydrogen) atoms. The van der Waals surface area contributed by atoms with E-state index in [9.17, 15) is 4.79 Å². The van der Waals surface area contributed by atoms with Crippen molar-refractivity contribution >= 4 is 17.1 Å². The molecule has 1 atom stereocenters. The van der Waals surface area contributed by atoms with Gasteiger partial charge in [-0.05, 0) is 35.9 Å². The van der Waals surface area contributed by atoms with Gasteiger partial charge in [0.25, 0.3) is 0 Å². The summed E-state index contributed by atoms with van der Waals surface area (Å²) in [6.07, 6.45) is 0.936. The van der Waals surface area contributed by atoms with E-state index in [1.165, 1.54) is 5.56 Å². The van der Waals surface area contributed by atoms with E-state index in [1.54, 1.807) is 11.3 Å². The summed E-state index contributed by atoms with van der Waals surface area (Å²) < 4.78 is 0. The molecule has 0 spiro atoms. The van der Waals surface area contributed by atoms with Crippen LogP contribution in [-0.4, -0.2) is 24.3 Å². The second kappa shape index (κ2) is 6.03. The van der Waals surface area contributed by atoms with Gasteiger partial charge in [0.05, 0.1) is 6.54 Å². The zero-order valence-corrected chi connectivity index (χ0v) is 10.5. The van der Waals surface area contributed by atoms with Crippen molar-refractivity contribution in [3.05, 3.63) is 22.4 Å². The largest absolute Gasteiger partial charge is 0.298 e. The minimum Gasteiger partial charge on any atom is -0.298 e. The van der Waals surface area contributed by atoms with E-state index in [0.29, 0.717) is 12.3 Å². The predicted octanol–water partition coefficient (Wildman–Crippen LogP) is 2.80. The molecule has 0 amide bonds. The maximum atomic E-state index is 11.7.